The molecule has 4 unspecified atom stereocenters. The van der Waals surface area contributed by atoms with Crippen molar-refractivity contribution in [2.45, 2.75) is 57.9 Å². The maximum atomic E-state index is 10.1. The highest BCUT2D eigenvalue weighted by molar-refractivity contribution is 5.53. The van der Waals surface area contributed by atoms with Crippen molar-refractivity contribution in [2.75, 3.05) is 6.61 Å². The van der Waals surface area contributed by atoms with Gasteiger partial charge in [-0.2, -0.15) is 5.26 Å². The SMILES string of the molecule is CC1NNC2OC(N)=C(C#N)C(c3cc(C#CCCCO)cc(CO)c3)(C(C)C)C12. The highest BCUT2D eigenvalue weighted by Crippen LogP contribution is 2.52. The average molecular weight is 411 g/mol. The molecule has 1 aromatic rings. The van der Waals surface area contributed by atoms with E-state index in [4.69, 9.17) is 15.6 Å². The molecule has 1 aromatic carbocycles. The first-order valence-electron chi connectivity index (χ1n) is 10.3. The van der Waals surface area contributed by atoms with Crippen LogP contribution in [0.15, 0.2) is 29.7 Å². The van der Waals surface area contributed by atoms with E-state index in [9.17, 15) is 10.4 Å². The maximum absolute atomic E-state index is 10.1. The molecule has 3 rings (SSSR count). The van der Waals surface area contributed by atoms with Crippen molar-refractivity contribution in [1.82, 2.24) is 10.9 Å². The van der Waals surface area contributed by atoms with E-state index in [1.807, 2.05) is 18.2 Å². The Hall–Kier alpha value is -2.55. The Balaban J connectivity index is 2.25. The second-order valence-corrected chi connectivity index (χ2v) is 8.22. The maximum Gasteiger partial charge on any atom is 0.200 e. The van der Waals surface area contributed by atoms with E-state index in [0.717, 1.165) is 16.7 Å². The van der Waals surface area contributed by atoms with Crippen LogP contribution < -0.4 is 16.6 Å². The molecule has 2 heterocycles. The van der Waals surface area contributed by atoms with E-state index in [1.165, 1.54) is 0 Å². The quantitative estimate of drug-likeness (QED) is 0.367. The second-order valence-electron chi connectivity index (χ2n) is 8.22. The lowest BCUT2D eigenvalue weighted by Crippen LogP contribution is -2.54. The number of allylic oxidation sites excluding steroid dienone is 1. The Bertz CT molecular complexity index is 925. The number of fused-ring (bicyclic) bond motifs is 1. The van der Waals surface area contributed by atoms with E-state index in [-0.39, 0.29) is 43.2 Å². The summed E-state index contributed by atoms with van der Waals surface area (Å²) in [7, 11) is 0. The van der Waals surface area contributed by atoms with Crippen LogP contribution in [-0.2, 0) is 16.8 Å². The van der Waals surface area contributed by atoms with Crippen LogP contribution in [-0.4, -0.2) is 29.1 Å². The first-order chi connectivity index (χ1) is 14.4. The third-order valence-electron chi connectivity index (χ3n) is 6.13. The number of benzene rings is 1. The number of nitrogens with one attached hydrogen (secondary N) is 2. The van der Waals surface area contributed by atoms with Crippen LogP contribution in [0.2, 0.25) is 0 Å². The molecule has 4 atom stereocenters. The standard InChI is InChI=1S/C23H30N4O3/c1-14(2)23(19(12-24)21(25)30-22-20(23)15(3)26-27-22)18-10-16(7-5-4-6-8-28)9-17(11-18)13-29/h9-11,14-15,20,22,26-29H,4,6,8,13,25H2,1-3H3. The Kier molecular flexibility index (Phi) is 6.70. The normalized spacial score (nSPS) is 27.8. The van der Waals surface area contributed by atoms with Crippen LogP contribution in [0, 0.1) is 35.0 Å². The van der Waals surface area contributed by atoms with E-state index < -0.39 is 5.41 Å². The second kappa shape index (κ2) is 9.07. The Labute approximate surface area is 177 Å². The lowest BCUT2D eigenvalue weighted by Gasteiger charge is -2.48. The molecule has 0 radical (unpaired) electrons. The van der Waals surface area contributed by atoms with Crippen molar-refractivity contribution in [3.8, 4) is 17.9 Å². The monoisotopic (exact) mass is 410 g/mol. The number of nitriles is 1. The molecule has 7 nitrogen and oxygen atoms in total. The number of aliphatic hydroxyl groups is 2. The van der Waals surface area contributed by atoms with Gasteiger partial charge in [0.05, 0.1) is 6.61 Å². The molecule has 160 valence electrons. The first-order valence-corrected chi connectivity index (χ1v) is 10.3. The Morgan fingerprint density at radius 2 is 2.03 bits per heavy atom. The summed E-state index contributed by atoms with van der Waals surface area (Å²) in [4.78, 5) is 0. The number of hydrogen-bond donors (Lipinski definition) is 5. The van der Waals surface area contributed by atoms with Gasteiger partial charge in [-0.15, -0.1) is 0 Å². The summed E-state index contributed by atoms with van der Waals surface area (Å²) in [6.07, 6.45) is 0.824. The first kappa shape index (κ1) is 22.1. The van der Waals surface area contributed by atoms with Crippen molar-refractivity contribution in [1.29, 1.82) is 5.26 Å². The van der Waals surface area contributed by atoms with Gasteiger partial charge in [0.1, 0.15) is 11.6 Å². The predicted molar refractivity (Wildman–Crippen MR) is 113 cm³/mol. The van der Waals surface area contributed by atoms with Gasteiger partial charge in [0.15, 0.2) is 6.23 Å². The Morgan fingerprint density at radius 1 is 1.27 bits per heavy atom. The van der Waals surface area contributed by atoms with Crippen molar-refractivity contribution >= 4 is 0 Å². The van der Waals surface area contributed by atoms with Crippen LogP contribution in [0.4, 0.5) is 0 Å². The summed E-state index contributed by atoms with van der Waals surface area (Å²) >= 11 is 0. The molecular formula is C23H30N4O3. The molecule has 1 fully saturated rings. The van der Waals surface area contributed by atoms with Crippen LogP contribution in [0.5, 0.6) is 0 Å². The fraction of sp³-hybridized carbons (Fsp3) is 0.522. The zero-order valence-corrected chi connectivity index (χ0v) is 17.7. The van der Waals surface area contributed by atoms with Gasteiger partial charge in [0, 0.05) is 36.0 Å². The molecule has 0 saturated carbocycles. The van der Waals surface area contributed by atoms with E-state index in [2.05, 4.69) is 49.5 Å². The van der Waals surface area contributed by atoms with Crippen LogP contribution in [0.1, 0.15) is 50.3 Å². The third-order valence-corrected chi connectivity index (χ3v) is 6.13. The van der Waals surface area contributed by atoms with Crippen LogP contribution in [0.25, 0.3) is 0 Å². The van der Waals surface area contributed by atoms with Gasteiger partial charge in [-0.05, 0) is 42.5 Å². The molecule has 0 spiro atoms. The predicted octanol–water partition coefficient (Wildman–Crippen LogP) is 1.36. The number of nitrogens with two attached hydrogens (primary N) is 1. The topological polar surface area (TPSA) is 124 Å². The van der Waals surface area contributed by atoms with Crippen molar-refractivity contribution in [2.24, 2.45) is 17.6 Å². The molecule has 0 bridgehead atoms. The minimum Gasteiger partial charge on any atom is -0.458 e. The zero-order valence-electron chi connectivity index (χ0n) is 17.7. The lowest BCUT2D eigenvalue weighted by molar-refractivity contribution is -0.00385. The molecule has 30 heavy (non-hydrogen) atoms. The van der Waals surface area contributed by atoms with Gasteiger partial charge >= 0.3 is 0 Å². The zero-order chi connectivity index (χ0) is 21.9. The third kappa shape index (κ3) is 3.66. The summed E-state index contributed by atoms with van der Waals surface area (Å²) in [5.74, 6) is 6.27. The minimum atomic E-state index is -0.718. The van der Waals surface area contributed by atoms with E-state index in [1.54, 1.807) is 0 Å². The summed E-state index contributed by atoms with van der Waals surface area (Å²) < 4.78 is 5.85. The number of hydrazine groups is 1. The van der Waals surface area contributed by atoms with Crippen molar-refractivity contribution < 1.29 is 14.9 Å². The van der Waals surface area contributed by atoms with Gasteiger partial charge in [0.25, 0.3) is 0 Å². The number of hydrogen-bond acceptors (Lipinski definition) is 7. The Morgan fingerprint density at radius 3 is 2.67 bits per heavy atom. The highest BCUT2D eigenvalue weighted by atomic mass is 16.5. The van der Waals surface area contributed by atoms with Gasteiger partial charge < -0.3 is 20.7 Å². The van der Waals surface area contributed by atoms with Crippen molar-refractivity contribution in [3.63, 3.8) is 0 Å². The molecular weight excluding hydrogens is 380 g/mol. The highest BCUT2D eigenvalue weighted by Gasteiger charge is 2.58. The number of rotatable bonds is 5. The summed E-state index contributed by atoms with van der Waals surface area (Å²) in [6.45, 7) is 6.18. The lowest BCUT2D eigenvalue weighted by atomic mass is 9.56. The molecule has 7 heteroatoms. The van der Waals surface area contributed by atoms with Crippen molar-refractivity contribution in [3.05, 3.63) is 46.3 Å². The number of aliphatic hydroxyl groups excluding tert-OH is 2. The summed E-state index contributed by atoms with van der Waals surface area (Å²) in [6, 6.07) is 8.13. The number of nitrogens with zero attached hydrogens (tertiary/aromatic N) is 1. The fourth-order valence-electron chi connectivity index (χ4n) is 4.88. The van der Waals surface area contributed by atoms with Crippen LogP contribution in [0.3, 0.4) is 0 Å². The summed E-state index contributed by atoms with van der Waals surface area (Å²) in [5, 5.41) is 29.0. The molecule has 6 N–H and O–H groups in total. The average Bonchev–Trinajstić information content (AvgIpc) is 3.10. The minimum absolute atomic E-state index is 0.0192. The van der Waals surface area contributed by atoms with Crippen LogP contribution >= 0.6 is 0 Å². The fourth-order valence-corrected chi connectivity index (χ4v) is 4.88. The molecule has 0 aromatic heterocycles. The smallest absolute Gasteiger partial charge is 0.200 e. The van der Waals surface area contributed by atoms with E-state index in [0.29, 0.717) is 18.4 Å². The number of ether oxygens (including phenoxy) is 1. The van der Waals surface area contributed by atoms with Gasteiger partial charge in [0.2, 0.25) is 5.88 Å². The molecule has 1 saturated heterocycles. The number of unbranched alkanes of at least 4 members (excludes halogenated alkanes) is 1. The van der Waals surface area contributed by atoms with E-state index >= 15 is 0 Å². The molecule has 0 amide bonds. The van der Waals surface area contributed by atoms with Gasteiger partial charge in [-0.25, -0.2) is 5.43 Å². The molecule has 0 aliphatic carbocycles. The summed E-state index contributed by atoms with van der Waals surface area (Å²) in [5.41, 5.74) is 14.7. The largest absolute Gasteiger partial charge is 0.458 e. The molecule has 2 aliphatic heterocycles. The van der Waals surface area contributed by atoms with Gasteiger partial charge in [-0.1, -0.05) is 31.8 Å². The molecule has 2 aliphatic rings. The van der Waals surface area contributed by atoms with Gasteiger partial charge in [-0.3, -0.25) is 5.43 Å².